The lowest BCUT2D eigenvalue weighted by atomic mass is 10.1. The molecule has 2 aromatic rings. The van der Waals surface area contributed by atoms with Gasteiger partial charge in [0.05, 0.1) is 5.75 Å². The molecule has 0 radical (unpaired) electrons. The Morgan fingerprint density at radius 3 is 2.60 bits per heavy atom. The van der Waals surface area contributed by atoms with Gasteiger partial charge in [-0.05, 0) is 36.5 Å². The highest BCUT2D eigenvalue weighted by Gasteiger charge is 2.46. The van der Waals surface area contributed by atoms with E-state index in [2.05, 4.69) is 14.7 Å². The summed E-state index contributed by atoms with van der Waals surface area (Å²) in [6.07, 6.45) is -2.20. The number of alkyl halides is 3. The molecule has 1 aliphatic carbocycles. The van der Waals surface area contributed by atoms with Crippen molar-refractivity contribution in [3.05, 3.63) is 24.1 Å². The number of nitrogens with one attached hydrogen (secondary N) is 1. The van der Waals surface area contributed by atoms with Crippen LogP contribution < -0.4 is 5.32 Å². The van der Waals surface area contributed by atoms with Gasteiger partial charge in [-0.3, -0.25) is 4.79 Å². The van der Waals surface area contributed by atoms with Gasteiger partial charge in [-0.1, -0.05) is 0 Å². The lowest BCUT2D eigenvalue weighted by Crippen LogP contribution is -2.23. The van der Waals surface area contributed by atoms with Crippen LogP contribution in [0.4, 0.5) is 18.9 Å². The van der Waals surface area contributed by atoms with Crippen molar-refractivity contribution in [1.82, 2.24) is 4.98 Å². The van der Waals surface area contributed by atoms with E-state index in [0.717, 1.165) is 6.26 Å². The van der Waals surface area contributed by atoms with Gasteiger partial charge < -0.3 is 9.73 Å². The van der Waals surface area contributed by atoms with Crippen LogP contribution in [0.25, 0.3) is 11.1 Å². The van der Waals surface area contributed by atoms with Crippen molar-refractivity contribution in [2.75, 3.05) is 17.3 Å². The second-order valence-electron chi connectivity index (χ2n) is 6.49. The number of oxazole rings is 1. The topological polar surface area (TPSA) is 89.3 Å². The van der Waals surface area contributed by atoms with Crippen LogP contribution in [0.1, 0.15) is 25.2 Å². The summed E-state index contributed by atoms with van der Waals surface area (Å²) in [6.45, 7) is 0. The zero-order chi connectivity index (χ0) is 18.5. The summed E-state index contributed by atoms with van der Waals surface area (Å²) in [5.41, 5.74) is -0.322. The van der Waals surface area contributed by atoms with Gasteiger partial charge in [0.25, 0.3) is 0 Å². The van der Waals surface area contributed by atoms with Gasteiger partial charge in [0.2, 0.25) is 5.91 Å². The predicted octanol–water partition coefficient (Wildman–Crippen LogP) is 3.00. The molecule has 0 atom stereocenters. The van der Waals surface area contributed by atoms with E-state index >= 15 is 0 Å². The van der Waals surface area contributed by atoms with E-state index in [-0.39, 0.29) is 34.9 Å². The molecule has 1 aromatic carbocycles. The summed E-state index contributed by atoms with van der Waals surface area (Å²) in [6, 6.07) is 3.97. The van der Waals surface area contributed by atoms with E-state index in [1.165, 1.54) is 18.2 Å². The quantitative estimate of drug-likeness (QED) is 0.867. The minimum Gasteiger partial charge on any atom is -0.433 e. The van der Waals surface area contributed by atoms with E-state index in [0.29, 0.717) is 12.8 Å². The molecule has 0 bridgehead atoms. The Morgan fingerprint density at radius 2 is 2.04 bits per heavy atom. The number of hydrogen-bond donors (Lipinski definition) is 1. The Kier molecular flexibility index (Phi) is 4.05. The maximum atomic E-state index is 12.6. The first-order valence-corrected chi connectivity index (χ1v) is 9.47. The van der Waals surface area contributed by atoms with Crippen molar-refractivity contribution in [2.45, 2.75) is 25.4 Å². The predicted molar refractivity (Wildman–Crippen MR) is 83.6 cm³/mol. The minimum atomic E-state index is -4.69. The number of carbonyl (C=O) groups is 1. The fourth-order valence-electron chi connectivity index (χ4n) is 2.78. The van der Waals surface area contributed by atoms with Crippen LogP contribution in [-0.2, 0) is 20.8 Å². The molecule has 25 heavy (non-hydrogen) atoms. The van der Waals surface area contributed by atoms with E-state index in [9.17, 15) is 26.4 Å². The van der Waals surface area contributed by atoms with Gasteiger partial charge in [-0.15, -0.1) is 0 Å². The van der Waals surface area contributed by atoms with Crippen LogP contribution in [0.5, 0.6) is 0 Å². The molecule has 1 N–H and O–H groups in total. The molecule has 0 aliphatic heterocycles. The highest BCUT2D eigenvalue weighted by molar-refractivity contribution is 7.90. The number of carbonyl (C=O) groups excluding carboxylic acids is 1. The SMILES string of the molecule is CS(=O)(=O)CC1(CC(=O)Nc2ccc3oc(C(F)(F)F)nc3c2)CC1. The number of amides is 1. The van der Waals surface area contributed by atoms with Crippen LogP contribution in [0.2, 0.25) is 0 Å². The van der Waals surface area contributed by atoms with Crippen LogP contribution >= 0.6 is 0 Å². The lowest BCUT2D eigenvalue weighted by Gasteiger charge is -2.13. The lowest BCUT2D eigenvalue weighted by molar-refractivity contribution is -0.156. The molecule has 1 aromatic heterocycles. The maximum Gasteiger partial charge on any atom is 0.468 e. The van der Waals surface area contributed by atoms with Crippen molar-refractivity contribution in [3.63, 3.8) is 0 Å². The summed E-state index contributed by atoms with van der Waals surface area (Å²) >= 11 is 0. The van der Waals surface area contributed by atoms with E-state index in [1.807, 2.05) is 0 Å². The molecule has 1 fully saturated rings. The highest BCUT2D eigenvalue weighted by Crippen LogP contribution is 2.49. The fourth-order valence-corrected chi connectivity index (χ4v) is 4.28. The molecule has 0 unspecified atom stereocenters. The van der Waals surface area contributed by atoms with Crippen LogP contribution in [-0.4, -0.2) is 31.3 Å². The number of hydrogen-bond acceptors (Lipinski definition) is 5. The molecule has 136 valence electrons. The number of sulfone groups is 1. The number of halogens is 3. The average Bonchev–Trinajstić information content (AvgIpc) is 3.01. The summed E-state index contributed by atoms with van der Waals surface area (Å²) in [5.74, 6) is -1.79. The molecular formula is C15H15F3N2O4S. The number of fused-ring (bicyclic) bond motifs is 1. The van der Waals surface area contributed by atoms with Crippen LogP contribution in [0.15, 0.2) is 22.6 Å². The highest BCUT2D eigenvalue weighted by atomic mass is 32.2. The van der Waals surface area contributed by atoms with Crippen molar-refractivity contribution in [1.29, 1.82) is 0 Å². The van der Waals surface area contributed by atoms with Crippen LogP contribution in [0, 0.1) is 5.41 Å². The number of anilines is 1. The number of benzene rings is 1. The second kappa shape index (κ2) is 5.72. The molecule has 0 saturated heterocycles. The summed E-state index contributed by atoms with van der Waals surface area (Å²) in [4.78, 5) is 15.5. The van der Waals surface area contributed by atoms with Gasteiger partial charge in [-0.2, -0.15) is 13.2 Å². The Morgan fingerprint density at radius 1 is 1.36 bits per heavy atom. The Labute approximate surface area is 141 Å². The number of nitrogens with zero attached hydrogens (tertiary/aromatic N) is 1. The normalized spacial score (nSPS) is 16.8. The van der Waals surface area contributed by atoms with Crippen molar-refractivity contribution in [2.24, 2.45) is 5.41 Å². The van der Waals surface area contributed by atoms with Crippen molar-refractivity contribution < 1.29 is 30.8 Å². The van der Waals surface area contributed by atoms with Crippen molar-refractivity contribution >= 4 is 32.5 Å². The fraction of sp³-hybridized carbons (Fsp3) is 0.467. The van der Waals surface area contributed by atoms with Gasteiger partial charge in [-0.25, -0.2) is 13.4 Å². The first-order chi connectivity index (χ1) is 11.5. The van der Waals surface area contributed by atoms with Gasteiger partial charge in [0.15, 0.2) is 5.58 Å². The smallest absolute Gasteiger partial charge is 0.433 e. The molecule has 3 rings (SSSR count). The minimum absolute atomic E-state index is 0.0256. The molecular weight excluding hydrogens is 361 g/mol. The standard InChI is InChI=1S/C15H15F3N2O4S/c1-25(22,23)8-14(4-5-14)7-12(21)19-9-2-3-11-10(6-9)20-13(24-11)15(16,17)18/h2-3,6H,4-5,7-8H2,1H3,(H,19,21). The van der Waals surface area contributed by atoms with Crippen LogP contribution in [0.3, 0.4) is 0 Å². The second-order valence-corrected chi connectivity index (χ2v) is 8.63. The van der Waals surface area contributed by atoms with Gasteiger partial charge in [0.1, 0.15) is 15.4 Å². The molecule has 1 heterocycles. The molecule has 10 heteroatoms. The average molecular weight is 376 g/mol. The Balaban J connectivity index is 1.71. The summed E-state index contributed by atoms with van der Waals surface area (Å²) in [5, 5.41) is 2.57. The van der Waals surface area contributed by atoms with Gasteiger partial charge >= 0.3 is 12.1 Å². The molecule has 6 nitrogen and oxygen atoms in total. The first kappa shape index (κ1) is 17.7. The van der Waals surface area contributed by atoms with E-state index in [1.54, 1.807) is 0 Å². The third kappa shape index (κ3) is 4.30. The van der Waals surface area contributed by atoms with Crippen molar-refractivity contribution in [3.8, 4) is 0 Å². The maximum absolute atomic E-state index is 12.6. The Bertz CT molecular complexity index is 930. The van der Waals surface area contributed by atoms with E-state index in [4.69, 9.17) is 0 Å². The summed E-state index contributed by atoms with van der Waals surface area (Å²) < 4.78 is 65.2. The molecule has 1 aliphatic rings. The first-order valence-electron chi connectivity index (χ1n) is 7.41. The zero-order valence-electron chi connectivity index (χ0n) is 13.2. The molecule has 1 saturated carbocycles. The van der Waals surface area contributed by atoms with E-state index < -0.39 is 27.3 Å². The van der Waals surface area contributed by atoms with Gasteiger partial charge in [0, 0.05) is 18.4 Å². The molecule has 0 spiro atoms. The number of rotatable bonds is 5. The number of aromatic nitrogens is 1. The zero-order valence-corrected chi connectivity index (χ0v) is 14.0. The Hall–Kier alpha value is -2.10. The third-order valence-corrected chi connectivity index (χ3v) is 5.11. The largest absolute Gasteiger partial charge is 0.468 e. The molecule has 1 amide bonds. The summed E-state index contributed by atoms with van der Waals surface area (Å²) in [7, 11) is -3.19. The monoisotopic (exact) mass is 376 g/mol. The third-order valence-electron chi connectivity index (χ3n) is 3.97.